The molecule has 17 heavy (non-hydrogen) atoms. The molecule has 0 bridgehead atoms. The van der Waals surface area contributed by atoms with Crippen LogP contribution in [0.5, 0.6) is 0 Å². The zero-order valence-corrected chi connectivity index (χ0v) is 11.7. The zero-order chi connectivity index (χ0) is 12.5. The van der Waals surface area contributed by atoms with Gasteiger partial charge in [0, 0.05) is 19.3 Å². The van der Waals surface area contributed by atoms with Gasteiger partial charge in [0.15, 0.2) is 0 Å². The largest absolute Gasteiger partial charge is 0.379 e. The van der Waals surface area contributed by atoms with Gasteiger partial charge in [-0.05, 0) is 52.5 Å². The molecule has 1 aliphatic heterocycles. The van der Waals surface area contributed by atoms with E-state index in [9.17, 15) is 0 Å². The molecule has 102 valence electrons. The summed E-state index contributed by atoms with van der Waals surface area (Å²) in [6, 6.07) is 0.553. The number of hydrogen-bond donors (Lipinski definition) is 1. The number of ether oxygens (including phenoxy) is 2. The fourth-order valence-electron chi connectivity index (χ4n) is 2.25. The smallest absolute Gasteiger partial charge is 0.0590 e. The van der Waals surface area contributed by atoms with Crippen LogP contribution < -0.4 is 5.32 Å². The Morgan fingerprint density at radius 2 is 2.24 bits per heavy atom. The van der Waals surface area contributed by atoms with Crippen LogP contribution in [0.2, 0.25) is 0 Å². The van der Waals surface area contributed by atoms with Crippen LogP contribution in [-0.2, 0) is 9.47 Å². The maximum absolute atomic E-state index is 5.71. The van der Waals surface area contributed by atoms with Gasteiger partial charge in [0.25, 0.3) is 0 Å². The Labute approximate surface area is 106 Å². The Kier molecular flexibility index (Phi) is 7.82. The second-order valence-corrected chi connectivity index (χ2v) is 5.23. The van der Waals surface area contributed by atoms with Crippen LogP contribution in [0.3, 0.4) is 0 Å². The van der Waals surface area contributed by atoms with Crippen LogP contribution in [0.25, 0.3) is 0 Å². The highest BCUT2D eigenvalue weighted by atomic mass is 16.5. The first-order valence-electron chi connectivity index (χ1n) is 7.19. The van der Waals surface area contributed by atoms with E-state index in [4.69, 9.17) is 9.47 Å². The SMILES string of the molecule is CCCNC(CCOC(C)C)CC1CCCO1. The molecule has 0 saturated carbocycles. The standard InChI is InChI=1S/C14H29NO2/c1-4-8-15-13(7-10-16-12(2)3)11-14-6-5-9-17-14/h12-15H,4-11H2,1-3H3. The predicted octanol–water partition coefficient (Wildman–Crippen LogP) is 2.74. The molecule has 1 heterocycles. The summed E-state index contributed by atoms with van der Waals surface area (Å²) in [7, 11) is 0. The quantitative estimate of drug-likeness (QED) is 0.675. The normalized spacial score (nSPS) is 22.2. The Bertz CT molecular complexity index is 179. The molecule has 3 heteroatoms. The van der Waals surface area contributed by atoms with Crippen molar-refractivity contribution in [3.8, 4) is 0 Å². The molecule has 1 N–H and O–H groups in total. The van der Waals surface area contributed by atoms with E-state index >= 15 is 0 Å². The van der Waals surface area contributed by atoms with E-state index in [0.717, 1.165) is 32.6 Å². The van der Waals surface area contributed by atoms with Crippen molar-refractivity contribution in [2.24, 2.45) is 0 Å². The molecule has 1 fully saturated rings. The molecule has 1 aliphatic rings. The first-order valence-corrected chi connectivity index (χ1v) is 7.19. The van der Waals surface area contributed by atoms with Crippen molar-refractivity contribution >= 4 is 0 Å². The predicted molar refractivity (Wildman–Crippen MR) is 71.4 cm³/mol. The maximum atomic E-state index is 5.71. The first-order chi connectivity index (χ1) is 8.22. The lowest BCUT2D eigenvalue weighted by Gasteiger charge is -2.22. The lowest BCUT2D eigenvalue weighted by atomic mass is 10.0. The highest BCUT2D eigenvalue weighted by Crippen LogP contribution is 2.18. The molecular formula is C14H29NO2. The molecule has 1 rings (SSSR count). The van der Waals surface area contributed by atoms with Crippen molar-refractivity contribution in [3.63, 3.8) is 0 Å². The van der Waals surface area contributed by atoms with Gasteiger partial charge in [-0.3, -0.25) is 0 Å². The summed E-state index contributed by atoms with van der Waals surface area (Å²) in [4.78, 5) is 0. The van der Waals surface area contributed by atoms with E-state index in [1.807, 2.05) is 0 Å². The van der Waals surface area contributed by atoms with Crippen molar-refractivity contribution in [2.45, 2.75) is 71.1 Å². The zero-order valence-electron chi connectivity index (χ0n) is 11.7. The van der Waals surface area contributed by atoms with Crippen LogP contribution in [0, 0.1) is 0 Å². The summed E-state index contributed by atoms with van der Waals surface area (Å²) in [5.74, 6) is 0. The summed E-state index contributed by atoms with van der Waals surface area (Å²) in [5.41, 5.74) is 0. The maximum Gasteiger partial charge on any atom is 0.0590 e. The highest BCUT2D eigenvalue weighted by Gasteiger charge is 2.20. The van der Waals surface area contributed by atoms with Gasteiger partial charge in [-0.2, -0.15) is 0 Å². The van der Waals surface area contributed by atoms with E-state index in [2.05, 4.69) is 26.1 Å². The monoisotopic (exact) mass is 243 g/mol. The van der Waals surface area contributed by atoms with Gasteiger partial charge in [-0.1, -0.05) is 6.92 Å². The highest BCUT2D eigenvalue weighted by molar-refractivity contribution is 4.75. The van der Waals surface area contributed by atoms with Gasteiger partial charge in [0.2, 0.25) is 0 Å². The molecule has 2 unspecified atom stereocenters. The molecule has 3 nitrogen and oxygen atoms in total. The average Bonchev–Trinajstić information content (AvgIpc) is 2.78. The van der Waals surface area contributed by atoms with Crippen LogP contribution in [0.15, 0.2) is 0 Å². The van der Waals surface area contributed by atoms with Gasteiger partial charge in [-0.25, -0.2) is 0 Å². The minimum atomic E-state index is 0.338. The van der Waals surface area contributed by atoms with E-state index in [1.54, 1.807) is 0 Å². The second kappa shape index (κ2) is 8.90. The lowest BCUT2D eigenvalue weighted by molar-refractivity contribution is 0.0595. The van der Waals surface area contributed by atoms with Crippen molar-refractivity contribution in [3.05, 3.63) is 0 Å². The molecule has 2 atom stereocenters. The van der Waals surface area contributed by atoms with Crippen LogP contribution >= 0.6 is 0 Å². The van der Waals surface area contributed by atoms with Gasteiger partial charge in [0.1, 0.15) is 0 Å². The molecule has 0 amide bonds. The Morgan fingerprint density at radius 1 is 1.41 bits per heavy atom. The fourth-order valence-corrected chi connectivity index (χ4v) is 2.25. The van der Waals surface area contributed by atoms with Crippen LogP contribution in [-0.4, -0.2) is 38.0 Å². The minimum absolute atomic E-state index is 0.338. The molecule has 0 spiro atoms. The third kappa shape index (κ3) is 7.02. The van der Waals surface area contributed by atoms with Crippen molar-refractivity contribution in [1.29, 1.82) is 0 Å². The van der Waals surface area contributed by atoms with E-state index in [0.29, 0.717) is 18.2 Å². The van der Waals surface area contributed by atoms with E-state index < -0.39 is 0 Å². The van der Waals surface area contributed by atoms with Crippen molar-refractivity contribution in [1.82, 2.24) is 5.32 Å². The number of hydrogen-bond acceptors (Lipinski definition) is 3. The number of nitrogens with one attached hydrogen (secondary N) is 1. The average molecular weight is 243 g/mol. The second-order valence-electron chi connectivity index (χ2n) is 5.23. The van der Waals surface area contributed by atoms with Gasteiger partial charge in [-0.15, -0.1) is 0 Å². The summed E-state index contributed by atoms with van der Waals surface area (Å²) in [5, 5.41) is 3.61. The summed E-state index contributed by atoms with van der Waals surface area (Å²) in [6.07, 6.45) is 6.70. The summed E-state index contributed by atoms with van der Waals surface area (Å²) in [6.45, 7) is 9.29. The van der Waals surface area contributed by atoms with E-state index in [-0.39, 0.29) is 0 Å². The molecule has 0 aromatic rings. The topological polar surface area (TPSA) is 30.5 Å². The van der Waals surface area contributed by atoms with Gasteiger partial charge in [0.05, 0.1) is 12.2 Å². The fraction of sp³-hybridized carbons (Fsp3) is 1.00. The molecule has 1 saturated heterocycles. The third-order valence-corrected chi connectivity index (χ3v) is 3.17. The lowest BCUT2D eigenvalue weighted by Crippen LogP contribution is -2.34. The van der Waals surface area contributed by atoms with Crippen LogP contribution in [0.1, 0.15) is 52.9 Å². The van der Waals surface area contributed by atoms with Crippen LogP contribution in [0.4, 0.5) is 0 Å². The minimum Gasteiger partial charge on any atom is -0.379 e. The molecule has 0 aliphatic carbocycles. The Balaban J connectivity index is 2.20. The third-order valence-electron chi connectivity index (χ3n) is 3.17. The molecule has 0 aromatic heterocycles. The summed E-state index contributed by atoms with van der Waals surface area (Å²) < 4.78 is 11.3. The Morgan fingerprint density at radius 3 is 2.82 bits per heavy atom. The van der Waals surface area contributed by atoms with Gasteiger partial charge >= 0.3 is 0 Å². The van der Waals surface area contributed by atoms with E-state index in [1.165, 1.54) is 19.3 Å². The molecular weight excluding hydrogens is 214 g/mol. The number of rotatable bonds is 9. The molecule has 0 aromatic carbocycles. The summed E-state index contributed by atoms with van der Waals surface area (Å²) >= 11 is 0. The first kappa shape index (κ1) is 14.9. The Hall–Kier alpha value is -0.120. The van der Waals surface area contributed by atoms with Gasteiger partial charge < -0.3 is 14.8 Å². The van der Waals surface area contributed by atoms with Crippen molar-refractivity contribution < 1.29 is 9.47 Å². The van der Waals surface area contributed by atoms with Crippen molar-refractivity contribution in [2.75, 3.05) is 19.8 Å². The molecule has 0 radical (unpaired) electrons.